The number of nitro benzene ring substituents is 1. The van der Waals surface area contributed by atoms with E-state index in [0.29, 0.717) is 11.6 Å². The van der Waals surface area contributed by atoms with Crippen LogP contribution in [0.1, 0.15) is 13.8 Å². The average Bonchev–Trinajstić information content (AvgIpc) is 3.08. The number of nitrogens with zero attached hydrogens (tertiary/aromatic N) is 2. The molecule has 2 aromatic carbocycles. The molecule has 1 aromatic heterocycles. The highest BCUT2D eigenvalue weighted by Crippen LogP contribution is 2.25. The molecule has 3 rings (SSSR count). The van der Waals surface area contributed by atoms with Crippen molar-refractivity contribution >= 4 is 5.69 Å². The van der Waals surface area contributed by atoms with E-state index in [-0.39, 0.29) is 5.69 Å². The molecule has 0 aliphatic rings. The molecule has 0 saturated heterocycles. The van der Waals surface area contributed by atoms with Crippen molar-refractivity contribution in [1.29, 1.82) is 0 Å². The topological polar surface area (TPSA) is 69.2 Å². The molecule has 5 heteroatoms. The van der Waals surface area contributed by atoms with Gasteiger partial charge in [-0.2, -0.15) is 0 Å². The molecule has 112 valence electrons. The lowest BCUT2D eigenvalue weighted by molar-refractivity contribution is -0.384. The van der Waals surface area contributed by atoms with Gasteiger partial charge in [0.15, 0.2) is 0 Å². The summed E-state index contributed by atoms with van der Waals surface area (Å²) < 4.78 is 5.44. The van der Waals surface area contributed by atoms with Crippen molar-refractivity contribution in [2.45, 2.75) is 13.8 Å². The number of nitro groups is 1. The predicted molar refractivity (Wildman–Crippen MR) is 85.4 cm³/mol. The van der Waals surface area contributed by atoms with Crippen LogP contribution in [-0.4, -0.2) is 9.91 Å². The second-order valence-corrected chi connectivity index (χ2v) is 4.21. The Morgan fingerprint density at radius 2 is 1.59 bits per heavy atom. The number of oxazole rings is 1. The zero-order valence-electron chi connectivity index (χ0n) is 12.4. The standard InChI is InChI=1S/C15H10N2O3.C2H6/c18-17(19)13-8-6-11(7-9-13)14-10-20-15(16-14)12-4-2-1-3-5-12;1-2/h1-10H;1-2H3. The van der Waals surface area contributed by atoms with E-state index in [1.54, 1.807) is 18.4 Å². The lowest BCUT2D eigenvalue weighted by atomic mass is 10.1. The third-order valence-electron chi connectivity index (χ3n) is 2.90. The van der Waals surface area contributed by atoms with Crippen molar-refractivity contribution in [3.05, 3.63) is 71.0 Å². The quantitative estimate of drug-likeness (QED) is 0.507. The first-order chi connectivity index (χ1) is 10.7. The van der Waals surface area contributed by atoms with Crippen LogP contribution in [0.15, 0.2) is 65.3 Å². The summed E-state index contributed by atoms with van der Waals surface area (Å²) in [5.74, 6) is 0.527. The molecule has 0 aliphatic heterocycles. The van der Waals surface area contributed by atoms with Crippen molar-refractivity contribution in [2.75, 3.05) is 0 Å². The maximum absolute atomic E-state index is 10.6. The van der Waals surface area contributed by atoms with Gasteiger partial charge in [-0.15, -0.1) is 0 Å². The Morgan fingerprint density at radius 3 is 2.18 bits per heavy atom. The molecule has 0 atom stereocenters. The SMILES string of the molecule is CC.O=[N+]([O-])c1ccc(-c2coc(-c3ccccc3)n2)cc1. The smallest absolute Gasteiger partial charge is 0.269 e. The molecule has 0 bridgehead atoms. The summed E-state index contributed by atoms with van der Waals surface area (Å²) in [4.78, 5) is 14.6. The minimum absolute atomic E-state index is 0.0560. The third kappa shape index (κ3) is 3.38. The normalized spacial score (nSPS) is 9.73. The van der Waals surface area contributed by atoms with E-state index in [1.807, 2.05) is 44.2 Å². The van der Waals surface area contributed by atoms with Crippen LogP contribution in [0.25, 0.3) is 22.7 Å². The van der Waals surface area contributed by atoms with Gasteiger partial charge in [0.05, 0.1) is 4.92 Å². The van der Waals surface area contributed by atoms with E-state index in [9.17, 15) is 10.1 Å². The van der Waals surface area contributed by atoms with Crippen molar-refractivity contribution in [3.63, 3.8) is 0 Å². The highest BCUT2D eigenvalue weighted by molar-refractivity contribution is 5.63. The van der Waals surface area contributed by atoms with Gasteiger partial charge in [0.2, 0.25) is 5.89 Å². The molecule has 0 N–H and O–H groups in total. The fourth-order valence-electron chi connectivity index (χ4n) is 1.87. The van der Waals surface area contributed by atoms with Gasteiger partial charge in [0.1, 0.15) is 12.0 Å². The fourth-order valence-corrected chi connectivity index (χ4v) is 1.87. The maximum Gasteiger partial charge on any atom is 0.269 e. The molecule has 0 unspecified atom stereocenters. The maximum atomic E-state index is 10.6. The molecule has 0 aliphatic carbocycles. The van der Waals surface area contributed by atoms with Crippen LogP contribution < -0.4 is 0 Å². The van der Waals surface area contributed by atoms with Gasteiger partial charge >= 0.3 is 0 Å². The molecular formula is C17H16N2O3. The van der Waals surface area contributed by atoms with Crippen LogP contribution in [0, 0.1) is 10.1 Å². The molecule has 5 nitrogen and oxygen atoms in total. The molecule has 22 heavy (non-hydrogen) atoms. The number of benzene rings is 2. The summed E-state index contributed by atoms with van der Waals surface area (Å²) in [5.41, 5.74) is 2.38. The first-order valence-corrected chi connectivity index (χ1v) is 7.00. The molecular weight excluding hydrogens is 280 g/mol. The Morgan fingerprint density at radius 1 is 0.955 bits per heavy atom. The van der Waals surface area contributed by atoms with E-state index in [1.165, 1.54) is 12.1 Å². The van der Waals surface area contributed by atoms with Crippen molar-refractivity contribution in [1.82, 2.24) is 4.98 Å². The van der Waals surface area contributed by atoms with Crippen LogP contribution in [0.4, 0.5) is 5.69 Å². The van der Waals surface area contributed by atoms with Crippen LogP contribution >= 0.6 is 0 Å². The number of hydrogen-bond acceptors (Lipinski definition) is 4. The summed E-state index contributed by atoms with van der Waals surface area (Å²) >= 11 is 0. The van der Waals surface area contributed by atoms with Gasteiger partial charge in [-0.05, 0) is 24.3 Å². The summed E-state index contributed by atoms with van der Waals surface area (Å²) in [7, 11) is 0. The highest BCUT2D eigenvalue weighted by Gasteiger charge is 2.10. The molecule has 0 fully saturated rings. The first-order valence-electron chi connectivity index (χ1n) is 7.00. The largest absolute Gasteiger partial charge is 0.444 e. The third-order valence-corrected chi connectivity index (χ3v) is 2.90. The number of rotatable bonds is 3. The second kappa shape index (κ2) is 7.17. The number of aromatic nitrogens is 1. The molecule has 0 amide bonds. The summed E-state index contributed by atoms with van der Waals surface area (Å²) in [6, 6.07) is 15.8. The van der Waals surface area contributed by atoms with E-state index in [0.717, 1.165) is 11.1 Å². The van der Waals surface area contributed by atoms with Gasteiger partial charge in [0.25, 0.3) is 5.69 Å². The van der Waals surface area contributed by atoms with Crippen LogP contribution in [-0.2, 0) is 0 Å². The summed E-state index contributed by atoms with van der Waals surface area (Å²) in [6.45, 7) is 4.00. The fraction of sp³-hybridized carbons (Fsp3) is 0.118. The van der Waals surface area contributed by atoms with Crippen molar-refractivity contribution in [3.8, 4) is 22.7 Å². The second-order valence-electron chi connectivity index (χ2n) is 4.21. The van der Waals surface area contributed by atoms with Crippen molar-refractivity contribution in [2.24, 2.45) is 0 Å². The van der Waals surface area contributed by atoms with Crippen molar-refractivity contribution < 1.29 is 9.34 Å². The summed E-state index contributed by atoms with van der Waals surface area (Å²) in [5, 5.41) is 10.6. The predicted octanol–water partition coefficient (Wildman–Crippen LogP) is 4.94. The van der Waals surface area contributed by atoms with Gasteiger partial charge in [-0.1, -0.05) is 32.0 Å². The van der Waals surface area contributed by atoms with E-state index >= 15 is 0 Å². The molecule has 0 radical (unpaired) electrons. The van der Waals surface area contributed by atoms with E-state index in [2.05, 4.69) is 4.98 Å². The molecule has 1 heterocycles. The Labute approximate surface area is 128 Å². The van der Waals surface area contributed by atoms with Gasteiger partial charge in [-0.25, -0.2) is 4.98 Å². The minimum Gasteiger partial charge on any atom is -0.444 e. The first kappa shape index (κ1) is 15.4. The monoisotopic (exact) mass is 296 g/mol. The minimum atomic E-state index is -0.429. The Kier molecular flexibility index (Phi) is 5.03. The number of hydrogen-bond donors (Lipinski definition) is 0. The molecule has 3 aromatic rings. The zero-order valence-corrected chi connectivity index (χ0v) is 12.4. The van der Waals surface area contributed by atoms with E-state index < -0.39 is 4.92 Å². The van der Waals surface area contributed by atoms with E-state index in [4.69, 9.17) is 4.42 Å². The lowest BCUT2D eigenvalue weighted by Gasteiger charge is -1.95. The Bertz CT molecular complexity index is 734. The number of non-ortho nitro benzene ring substituents is 1. The Balaban J connectivity index is 0.000000847. The van der Waals surface area contributed by atoms with Crippen LogP contribution in [0.3, 0.4) is 0 Å². The van der Waals surface area contributed by atoms with Crippen LogP contribution in [0.2, 0.25) is 0 Å². The summed E-state index contributed by atoms with van der Waals surface area (Å²) in [6.07, 6.45) is 1.55. The molecule has 0 saturated carbocycles. The van der Waals surface area contributed by atoms with Gasteiger partial charge in [0, 0.05) is 23.3 Å². The Hall–Kier alpha value is -2.95. The average molecular weight is 296 g/mol. The zero-order chi connectivity index (χ0) is 15.9. The van der Waals surface area contributed by atoms with Crippen LogP contribution in [0.5, 0.6) is 0 Å². The lowest BCUT2D eigenvalue weighted by Crippen LogP contribution is -1.87. The highest BCUT2D eigenvalue weighted by atomic mass is 16.6. The molecule has 0 spiro atoms. The van der Waals surface area contributed by atoms with Gasteiger partial charge in [-0.3, -0.25) is 10.1 Å². The van der Waals surface area contributed by atoms with Gasteiger partial charge < -0.3 is 4.42 Å².